The molecular formula is C86H86B28Cl5F8N13O9. The summed E-state index contributed by atoms with van der Waals surface area (Å²) >= 11 is 28.3. The van der Waals surface area contributed by atoms with Crippen molar-refractivity contribution in [3.63, 3.8) is 0 Å². The Hall–Kier alpha value is -9.07. The molecule has 10 heterocycles. The summed E-state index contributed by atoms with van der Waals surface area (Å²) in [7, 11) is 89.2. The molecule has 22 nitrogen and oxygen atoms in total. The molecule has 0 bridgehead atoms. The van der Waals surface area contributed by atoms with Gasteiger partial charge in [-0.25, -0.2) is 36.5 Å². The zero-order valence-electron chi connectivity index (χ0n) is 82.7. The van der Waals surface area contributed by atoms with E-state index in [2.05, 4.69) is 94.4 Å². The van der Waals surface area contributed by atoms with Gasteiger partial charge in [0.05, 0.1) is 101 Å². The van der Waals surface area contributed by atoms with Gasteiger partial charge in [-0.05, 0) is 239 Å². The van der Waals surface area contributed by atoms with Crippen molar-refractivity contribution >= 4 is 341 Å². The van der Waals surface area contributed by atoms with Crippen molar-refractivity contribution in [1.82, 2.24) is 45.0 Å². The number of nitrogen functional groups attached to an aromatic ring is 1. The smallest absolute Gasteiger partial charge is 0.419 e. The summed E-state index contributed by atoms with van der Waals surface area (Å²) < 4.78 is 118. The number of halogens is 13. The van der Waals surface area contributed by atoms with E-state index in [-0.39, 0.29) is 99.2 Å². The summed E-state index contributed by atoms with van der Waals surface area (Å²) in [5, 5.41) is 3.34. The number of β-lactam (4-membered cyclic amide) rings is 2. The number of aromatic amines is 1. The van der Waals surface area contributed by atoms with Gasteiger partial charge >= 0.3 is 24.3 Å². The van der Waals surface area contributed by atoms with E-state index in [1.54, 1.807) is 93.9 Å². The molecule has 2 spiro atoms. The van der Waals surface area contributed by atoms with Crippen LogP contribution in [0.1, 0.15) is 132 Å². The van der Waals surface area contributed by atoms with Gasteiger partial charge in [-0.15, -0.1) is 0 Å². The fourth-order valence-corrected chi connectivity index (χ4v) is 14.5. The third kappa shape index (κ3) is 46.4. The number of aromatic nitrogens is 6. The number of hydrogen-bond acceptors (Lipinski definition) is 17. The van der Waals surface area contributed by atoms with Crippen molar-refractivity contribution in [3.05, 3.63) is 265 Å². The highest BCUT2D eigenvalue weighted by atomic mass is 35.5. The number of fused-ring (bicyclic) bond motifs is 1. The summed E-state index contributed by atoms with van der Waals surface area (Å²) in [6.07, 6.45) is 4.23. The average molecular weight is 2080 g/mol. The summed E-state index contributed by atoms with van der Waals surface area (Å²) in [5.74, 6) is -3.49. The number of H-pyrrole nitrogens is 1. The zero-order valence-corrected chi connectivity index (χ0v) is 86.5. The first-order chi connectivity index (χ1) is 69.6. The van der Waals surface area contributed by atoms with Crippen molar-refractivity contribution in [2.45, 2.75) is 116 Å². The van der Waals surface area contributed by atoms with Crippen LogP contribution in [0.3, 0.4) is 0 Å². The third-order valence-corrected chi connectivity index (χ3v) is 21.9. The third-order valence-electron chi connectivity index (χ3n) is 20.6. The summed E-state index contributed by atoms with van der Waals surface area (Å²) in [4.78, 5) is 106. The van der Waals surface area contributed by atoms with Crippen molar-refractivity contribution in [1.29, 1.82) is 0 Å². The summed E-state index contributed by atoms with van der Waals surface area (Å²) in [5.41, 5.74) is 6.95. The number of anilines is 3. The number of ether oxygens (including phenoxy) is 3. The highest BCUT2D eigenvalue weighted by Gasteiger charge is 2.64. The number of carbonyl (C=O) groups is 6. The number of carbonyl (C=O) groups excluding carboxylic acids is 6. The molecule has 10 aromatic rings. The number of aliphatic imine (C=N–C) groups is 1. The Morgan fingerprint density at radius 2 is 0.933 bits per heavy atom. The van der Waals surface area contributed by atoms with Gasteiger partial charge in [0.2, 0.25) is 17.1 Å². The SMILES string of the molecule is CC(C)(C)OC(=O)N1CCC2(CC1)C(=O)N(c1ccc(F)c(Cl)c1)C2c1ccccn1.CCOC(=O)C1CCN(C(=O)OC(C)(C)C)CC1.Fc1cc2nc(Cl)[nH]c2cc1C(F)(F)F.Fc1ccc(N=Cc2ccccn2)cc1Cl.Nc1ccc(F)c(Cl)c1.O=C1N(c2ccc(F)c(Cl)c2)C(c2ccccn2)C12CCNCC2.O=Cc1ccccn1.[B].[B]B([B])B([B])[B].[B]B([B])[B].[B][B].[B][B]B([B])B([B])[B].[B][B]B([B])[B].[B][B][B]. The molecular weight excluding hydrogens is 1990 g/mol. The van der Waals surface area contributed by atoms with Crippen LogP contribution in [0.5, 0.6) is 0 Å². The fraction of sp³-hybridized carbons (Fsp3) is 0.326. The molecule has 2 atom stereocenters. The molecule has 5 saturated heterocycles. The Morgan fingerprint density at radius 3 is 1.27 bits per heavy atom. The zero-order chi connectivity index (χ0) is 112. The Labute approximate surface area is 922 Å². The maximum atomic E-state index is 13.7. The van der Waals surface area contributed by atoms with Gasteiger partial charge < -0.3 is 49.8 Å². The van der Waals surface area contributed by atoms with Crippen LogP contribution in [-0.4, -0.2) is 346 Å². The number of imidazole rings is 1. The molecule has 4 N–H and O–H groups in total. The molecule has 149 heavy (non-hydrogen) atoms. The number of amides is 4. The van der Waals surface area contributed by atoms with Crippen LogP contribution in [0.4, 0.5) is 67.5 Å². The average Bonchev–Trinajstić information content (AvgIpc) is 0.874. The molecule has 5 aromatic heterocycles. The lowest BCUT2D eigenvalue weighted by Crippen LogP contribution is -2.67. The number of nitrogens with one attached hydrogen (secondary N) is 2. The second kappa shape index (κ2) is 68.2. The van der Waals surface area contributed by atoms with Gasteiger partial charge in [-0.1, -0.05) is 70.7 Å². The Balaban J connectivity index is 0.000000578. The quantitative estimate of drug-likeness (QED) is 0.0142. The predicted octanol–water partition coefficient (Wildman–Crippen LogP) is 9.80. The maximum absolute atomic E-state index is 13.7. The number of benzene rings is 5. The molecule has 42 radical (unpaired) electrons. The molecule has 63 heteroatoms. The highest BCUT2D eigenvalue weighted by molar-refractivity contribution is 7.81. The number of alkyl halides is 3. The Bertz CT molecular complexity index is 5730. The fourth-order valence-electron chi connectivity index (χ4n) is 13.6. The number of hydrogen-bond donors (Lipinski definition) is 3. The van der Waals surface area contributed by atoms with Crippen LogP contribution in [0.2, 0.25) is 25.4 Å². The lowest BCUT2D eigenvalue weighted by Gasteiger charge is -2.58. The van der Waals surface area contributed by atoms with Gasteiger partial charge in [-0.2, -0.15) is 13.2 Å². The van der Waals surface area contributed by atoms with Gasteiger partial charge in [0.25, 0.3) is 0 Å². The van der Waals surface area contributed by atoms with E-state index in [1.807, 2.05) is 96.1 Å². The van der Waals surface area contributed by atoms with Crippen LogP contribution in [0.25, 0.3) is 11.0 Å². The van der Waals surface area contributed by atoms with E-state index in [4.69, 9.17) is 163 Å². The number of rotatable bonds is 13. The Kier molecular flexibility index (Phi) is 62.2. The molecule has 5 aromatic carbocycles. The van der Waals surface area contributed by atoms with Gasteiger partial charge in [0, 0.05) is 281 Å². The minimum atomic E-state index is -4.73. The van der Waals surface area contributed by atoms with Crippen LogP contribution in [0, 0.1) is 45.8 Å². The first-order valence-corrected chi connectivity index (χ1v) is 46.9. The molecule has 4 amide bonds. The topological polar surface area (TPSA) is 274 Å². The van der Waals surface area contributed by atoms with E-state index in [0.717, 1.165) is 56.4 Å². The first kappa shape index (κ1) is 136. The number of aldehydes is 1. The molecule has 5 fully saturated rings. The first-order valence-electron chi connectivity index (χ1n) is 45.0. The molecule has 0 aliphatic carbocycles. The van der Waals surface area contributed by atoms with Crippen LogP contribution < -0.4 is 20.9 Å². The number of piperidine rings is 3. The molecule has 724 valence electrons. The number of pyridine rings is 4. The summed E-state index contributed by atoms with van der Waals surface area (Å²) in [6, 6.07) is 40.0. The van der Waals surface area contributed by atoms with Crippen LogP contribution >= 0.6 is 58.0 Å². The van der Waals surface area contributed by atoms with E-state index in [1.165, 1.54) is 68.7 Å². The standard InChI is InChI=1S/C23H25ClFN3O3.C18H17ClFN3O.C13H23NO4.C12H8ClFN2.C8H3ClF4N2.C6H5ClFN.C6H5NO.B7.B6.B5.B4.B3.B2.B/c1-22(2,3)31-21(30)27-12-9-23(10-13-27)19(18-6-4-5-11-26-18)28(20(23)29)15-7-8-17(25)16(24)14-15;19-13-11-12(4-5-14(13)20)23-16(15-3-1-2-8-22-15)18(17(23)24)6-9-21-10-7-18;1-5-17-11(15)10-6-8-14(9-7-10)12(16)18-13(2,3)4;13-11-7-9(4-5-12(11)14)16-8-10-3-1-2-6-15-10;9-7-14-5-1-3(8(11,12)13)4(10)2-6(5)15-7;7-5-3-4(9)1-2-6(5)8;8-5-6-3-1-2-4-7-6;1-5-7(4)6(2)3;1-5(2)6(3)4;1-4-5(2)3;1-4(2)3;1-3-2;1-2;/h4-8,11,14,19H,9-10,12-13H2,1-3H3;1-5,8,11,16,21H,6-7,9-10H2;10H,5-9H2,1-4H3;1-8H;1-2H,(H,14,15);1-3H,9H2;1-5H;;;;;;;. The molecule has 5 aliphatic rings. The number of esters is 1. The van der Waals surface area contributed by atoms with Crippen molar-refractivity contribution in [2.24, 2.45) is 21.7 Å². The summed E-state index contributed by atoms with van der Waals surface area (Å²) in [6.45, 7) is 16.8. The normalized spacial score (nSPS) is 14.6. The molecule has 15 rings (SSSR count). The maximum Gasteiger partial charge on any atom is 0.419 e. The highest BCUT2D eigenvalue weighted by Crippen LogP contribution is 2.59. The Morgan fingerprint density at radius 1 is 0.537 bits per heavy atom. The van der Waals surface area contributed by atoms with Crippen LogP contribution in [0.15, 0.2) is 188 Å². The van der Waals surface area contributed by atoms with Crippen molar-refractivity contribution in [2.75, 3.05) is 61.4 Å². The van der Waals surface area contributed by atoms with Gasteiger partial charge in [0.15, 0.2) is 6.29 Å². The minimum absolute atomic E-state index is 0. The number of nitrogens with zero attached hydrogens (tertiary/aromatic N) is 10. The second-order valence-corrected chi connectivity index (χ2v) is 35.9. The van der Waals surface area contributed by atoms with Gasteiger partial charge in [-0.3, -0.25) is 44.1 Å². The van der Waals surface area contributed by atoms with E-state index >= 15 is 0 Å². The lowest BCUT2D eigenvalue weighted by molar-refractivity contribution is -0.149. The monoisotopic (exact) mass is 2080 g/mol. The minimum Gasteiger partial charge on any atom is -0.466 e. The number of nitrogens with two attached hydrogens (primary N) is 1. The van der Waals surface area contributed by atoms with Gasteiger partial charge in [0.1, 0.15) is 46.0 Å². The van der Waals surface area contributed by atoms with E-state index < -0.39 is 94.8 Å². The second-order valence-electron chi connectivity index (χ2n) is 34.0. The number of likely N-dealkylation sites (tertiary alicyclic amines) is 2. The van der Waals surface area contributed by atoms with Crippen molar-refractivity contribution in [3.8, 4) is 0 Å². The predicted molar refractivity (Wildman–Crippen MR) is 608 cm³/mol. The van der Waals surface area contributed by atoms with E-state index in [0.29, 0.717) is 99.0 Å². The lowest BCUT2D eigenvalue weighted by atomic mass is 8.76. The van der Waals surface area contributed by atoms with E-state index in [9.17, 15) is 63.9 Å². The molecule has 2 unspecified atom stereocenters. The largest absolute Gasteiger partial charge is 0.466 e. The van der Waals surface area contributed by atoms with Crippen LogP contribution in [-0.2, 0) is 34.8 Å². The molecule has 5 aliphatic heterocycles. The molecule has 0 saturated carbocycles. The van der Waals surface area contributed by atoms with Crippen molar-refractivity contribution < 1.29 is 78.1 Å².